The minimum atomic E-state index is -3.74. The molecule has 8 heteroatoms. The molecule has 2 aromatic heterocycles. The van der Waals surface area contributed by atoms with Crippen LogP contribution < -0.4 is 10.0 Å². The SMILES string of the molecule is CNc1cccnc1S(=O)(=O)Nc1ncc[nH]1. The third-order valence-electron chi connectivity index (χ3n) is 2.02. The second-order valence-electron chi connectivity index (χ2n) is 3.15. The maximum atomic E-state index is 12.0. The molecule has 3 N–H and O–H groups in total. The van der Waals surface area contributed by atoms with Gasteiger partial charge in [-0.1, -0.05) is 0 Å². The molecule has 0 fully saturated rings. The summed E-state index contributed by atoms with van der Waals surface area (Å²) in [5.74, 6) is 0.151. The number of imidazole rings is 1. The molecular formula is C9H11N5O2S. The third-order valence-corrected chi connectivity index (χ3v) is 3.32. The monoisotopic (exact) mass is 253 g/mol. The Hall–Kier alpha value is -2.09. The summed E-state index contributed by atoms with van der Waals surface area (Å²) in [4.78, 5) is 10.3. The Morgan fingerprint density at radius 3 is 2.76 bits per heavy atom. The largest absolute Gasteiger partial charge is 0.386 e. The molecule has 0 saturated carbocycles. The fraction of sp³-hybridized carbons (Fsp3) is 0.111. The number of pyridine rings is 1. The first-order chi connectivity index (χ1) is 8.13. The highest BCUT2D eigenvalue weighted by atomic mass is 32.2. The van der Waals surface area contributed by atoms with Gasteiger partial charge in [0, 0.05) is 25.6 Å². The van der Waals surface area contributed by atoms with Crippen molar-refractivity contribution in [1.82, 2.24) is 15.0 Å². The van der Waals surface area contributed by atoms with Crippen molar-refractivity contribution in [2.75, 3.05) is 17.1 Å². The van der Waals surface area contributed by atoms with Gasteiger partial charge in [0.05, 0.1) is 5.69 Å². The summed E-state index contributed by atoms with van der Waals surface area (Å²) in [6.45, 7) is 0. The van der Waals surface area contributed by atoms with E-state index in [2.05, 4.69) is 25.0 Å². The lowest BCUT2D eigenvalue weighted by Gasteiger charge is -2.08. The number of aromatic amines is 1. The Kier molecular flexibility index (Phi) is 2.96. The summed E-state index contributed by atoms with van der Waals surface area (Å²) < 4.78 is 26.3. The average Bonchev–Trinajstić information content (AvgIpc) is 2.81. The fourth-order valence-electron chi connectivity index (χ4n) is 1.29. The third kappa shape index (κ3) is 2.36. The van der Waals surface area contributed by atoms with Crippen LogP contribution in [0.2, 0.25) is 0 Å². The van der Waals surface area contributed by atoms with Crippen LogP contribution in [0.5, 0.6) is 0 Å². The highest BCUT2D eigenvalue weighted by molar-refractivity contribution is 7.92. The lowest BCUT2D eigenvalue weighted by atomic mass is 10.4. The molecule has 90 valence electrons. The average molecular weight is 253 g/mol. The summed E-state index contributed by atoms with van der Waals surface area (Å²) in [7, 11) is -2.12. The zero-order valence-corrected chi connectivity index (χ0v) is 9.82. The van der Waals surface area contributed by atoms with Gasteiger partial charge in [0.1, 0.15) is 0 Å². The van der Waals surface area contributed by atoms with Crippen molar-refractivity contribution in [1.29, 1.82) is 0 Å². The van der Waals surface area contributed by atoms with Crippen molar-refractivity contribution < 1.29 is 8.42 Å². The highest BCUT2D eigenvalue weighted by Crippen LogP contribution is 2.19. The van der Waals surface area contributed by atoms with Crippen LogP contribution in [0.3, 0.4) is 0 Å². The fourth-order valence-corrected chi connectivity index (χ4v) is 2.41. The molecule has 0 unspecified atom stereocenters. The predicted molar refractivity (Wildman–Crippen MR) is 63.2 cm³/mol. The molecular weight excluding hydrogens is 242 g/mol. The Morgan fingerprint density at radius 1 is 1.29 bits per heavy atom. The maximum absolute atomic E-state index is 12.0. The summed E-state index contributed by atoms with van der Waals surface area (Å²) in [6.07, 6.45) is 4.39. The predicted octanol–water partition coefficient (Wildman–Crippen LogP) is 0.647. The number of nitrogens with zero attached hydrogens (tertiary/aromatic N) is 2. The van der Waals surface area contributed by atoms with E-state index in [4.69, 9.17) is 0 Å². The van der Waals surface area contributed by atoms with Crippen molar-refractivity contribution in [3.8, 4) is 0 Å². The summed E-state index contributed by atoms with van der Waals surface area (Å²) >= 11 is 0. The van der Waals surface area contributed by atoms with Gasteiger partial charge in [-0.2, -0.15) is 8.42 Å². The first-order valence-corrected chi connectivity index (χ1v) is 6.27. The number of H-pyrrole nitrogens is 1. The van der Waals surface area contributed by atoms with E-state index in [0.29, 0.717) is 5.69 Å². The molecule has 7 nitrogen and oxygen atoms in total. The van der Waals surface area contributed by atoms with Crippen LogP contribution in [0.4, 0.5) is 11.6 Å². The molecule has 0 radical (unpaired) electrons. The summed E-state index contributed by atoms with van der Waals surface area (Å²) in [6, 6.07) is 3.28. The van der Waals surface area contributed by atoms with Gasteiger partial charge >= 0.3 is 0 Å². The molecule has 0 spiro atoms. The van der Waals surface area contributed by atoms with Gasteiger partial charge in [0.2, 0.25) is 5.95 Å². The molecule has 0 atom stereocenters. The van der Waals surface area contributed by atoms with Crippen molar-refractivity contribution in [3.05, 3.63) is 30.7 Å². The number of rotatable bonds is 4. The van der Waals surface area contributed by atoms with E-state index in [0.717, 1.165) is 0 Å². The van der Waals surface area contributed by atoms with Crippen LogP contribution in [0.25, 0.3) is 0 Å². The number of aromatic nitrogens is 3. The lowest BCUT2D eigenvalue weighted by molar-refractivity contribution is 0.597. The van der Waals surface area contributed by atoms with Gasteiger partial charge in [0.25, 0.3) is 10.0 Å². The molecule has 0 aliphatic heterocycles. The van der Waals surface area contributed by atoms with Gasteiger partial charge in [-0.25, -0.2) is 14.7 Å². The zero-order valence-electron chi connectivity index (χ0n) is 9.01. The van der Waals surface area contributed by atoms with Crippen LogP contribution in [0, 0.1) is 0 Å². The first kappa shape index (κ1) is 11.4. The van der Waals surface area contributed by atoms with Crippen LogP contribution in [0.1, 0.15) is 0 Å². The smallest absolute Gasteiger partial charge is 0.283 e. The van der Waals surface area contributed by atoms with E-state index < -0.39 is 10.0 Å². The molecule has 17 heavy (non-hydrogen) atoms. The normalized spacial score (nSPS) is 11.1. The number of sulfonamides is 1. The van der Waals surface area contributed by atoms with Crippen LogP contribution in [-0.4, -0.2) is 30.4 Å². The topological polar surface area (TPSA) is 99.8 Å². The second-order valence-corrected chi connectivity index (χ2v) is 4.75. The van der Waals surface area contributed by atoms with E-state index in [-0.39, 0.29) is 11.0 Å². The van der Waals surface area contributed by atoms with E-state index >= 15 is 0 Å². The van der Waals surface area contributed by atoms with Gasteiger partial charge in [-0.05, 0) is 12.1 Å². The van der Waals surface area contributed by atoms with Crippen LogP contribution in [-0.2, 0) is 10.0 Å². The zero-order chi connectivity index (χ0) is 12.3. The Bertz CT molecular complexity index is 594. The van der Waals surface area contributed by atoms with Crippen LogP contribution in [0.15, 0.2) is 35.7 Å². The Balaban J connectivity index is 2.38. The first-order valence-electron chi connectivity index (χ1n) is 4.78. The second kappa shape index (κ2) is 4.42. The van der Waals surface area contributed by atoms with Gasteiger partial charge in [-0.3, -0.25) is 0 Å². The standard InChI is InChI=1S/C9H11N5O2S/c1-10-7-3-2-4-11-8(7)17(15,16)14-9-12-5-6-13-9/h2-6,10H,1H3,(H2,12,13,14). The lowest BCUT2D eigenvalue weighted by Crippen LogP contribution is -2.17. The van der Waals surface area contributed by atoms with Crippen molar-refractivity contribution in [2.24, 2.45) is 0 Å². The maximum Gasteiger partial charge on any atom is 0.283 e. The molecule has 2 heterocycles. The summed E-state index contributed by atoms with van der Waals surface area (Å²) in [5.41, 5.74) is 0.423. The minimum Gasteiger partial charge on any atom is -0.386 e. The molecule has 0 aliphatic rings. The van der Waals surface area contributed by atoms with Gasteiger partial charge in [0.15, 0.2) is 5.03 Å². The van der Waals surface area contributed by atoms with Crippen LogP contribution >= 0.6 is 0 Å². The Labute approximate surface area is 98.4 Å². The quantitative estimate of drug-likeness (QED) is 0.742. The van der Waals surface area contributed by atoms with E-state index in [1.165, 1.54) is 18.6 Å². The molecule has 0 amide bonds. The van der Waals surface area contributed by atoms with E-state index in [1.807, 2.05) is 0 Å². The number of hydrogen-bond donors (Lipinski definition) is 3. The minimum absolute atomic E-state index is 0.0705. The van der Waals surface area contributed by atoms with Crippen molar-refractivity contribution in [3.63, 3.8) is 0 Å². The number of nitrogens with one attached hydrogen (secondary N) is 3. The molecule has 0 aromatic carbocycles. The van der Waals surface area contributed by atoms with E-state index in [1.54, 1.807) is 19.2 Å². The number of anilines is 2. The molecule has 0 saturated heterocycles. The number of hydrogen-bond acceptors (Lipinski definition) is 5. The van der Waals surface area contributed by atoms with E-state index in [9.17, 15) is 8.42 Å². The summed E-state index contributed by atoms with van der Waals surface area (Å²) in [5, 5.41) is 2.70. The molecule has 2 aromatic rings. The highest BCUT2D eigenvalue weighted by Gasteiger charge is 2.20. The Morgan fingerprint density at radius 2 is 2.12 bits per heavy atom. The van der Waals surface area contributed by atoms with Gasteiger partial charge < -0.3 is 10.3 Å². The molecule has 0 aliphatic carbocycles. The van der Waals surface area contributed by atoms with Gasteiger partial charge in [-0.15, -0.1) is 0 Å². The van der Waals surface area contributed by atoms with Crippen molar-refractivity contribution >= 4 is 21.7 Å². The van der Waals surface area contributed by atoms with Crippen molar-refractivity contribution in [2.45, 2.75) is 5.03 Å². The molecule has 2 rings (SSSR count). The molecule has 0 bridgehead atoms.